The first kappa shape index (κ1) is 14.3. The zero-order valence-corrected chi connectivity index (χ0v) is 12.3. The number of carbonyl (C=O) groups is 1. The van der Waals surface area contributed by atoms with Gasteiger partial charge in [0.1, 0.15) is 0 Å². The molecule has 5 nitrogen and oxygen atoms in total. The van der Waals surface area contributed by atoms with E-state index in [9.17, 15) is 14.7 Å². The van der Waals surface area contributed by atoms with Gasteiger partial charge in [0.15, 0.2) is 0 Å². The topological polar surface area (TPSA) is 72.2 Å². The standard InChI is InChI=1S/C16H11ClN2O3/c1-9-3-2-4-12-13(9)15(20)14(16(21)22)18-19(12)11-7-5-10(17)6-8-11/h2-8H,1H3,(H,21,22). The molecule has 3 aromatic rings. The number of carboxylic acids is 1. The van der Waals surface area contributed by atoms with Gasteiger partial charge in [-0.3, -0.25) is 4.79 Å². The van der Waals surface area contributed by atoms with Gasteiger partial charge in [-0.25, -0.2) is 9.48 Å². The van der Waals surface area contributed by atoms with Gasteiger partial charge < -0.3 is 5.11 Å². The van der Waals surface area contributed by atoms with Crippen molar-refractivity contribution in [3.05, 3.63) is 69.0 Å². The molecule has 0 spiro atoms. The smallest absolute Gasteiger partial charge is 0.360 e. The number of fused-ring (bicyclic) bond motifs is 1. The van der Waals surface area contributed by atoms with Gasteiger partial charge in [0.05, 0.1) is 16.6 Å². The fourth-order valence-electron chi connectivity index (χ4n) is 2.36. The maximum absolute atomic E-state index is 12.4. The Hall–Kier alpha value is -2.66. The molecule has 0 atom stereocenters. The first-order valence-corrected chi connectivity index (χ1v) is 6.89. The maximum atomic E-state index is 12.4. The molecule has 0 bridgehead atoms. The van der Waals surface area contributed by atoms with E-state index >= 15 is 0 Å². The molecule has 0 unspecified atom stereocenters. The molecule has 0 aliphatic rings. The summed E-state index contributed by atoms with van der Waals surface area (Å²) < 4.78 is 1.45. The molecule has 0 fully saturated rings. The summed E-state index contributed by atoms with van der Waals surface area (Å²) in [7, 11) is 0. The Morgan fingerprint density at radius 2 is 1.86 bits per heavy atom. The predicted octanol–water partition coefficient (Wildman–Crippen LogP) is 3.05. The molecule has 0 amide bonds. The first-order chi connectivity index (χ1) is 10.5. The van der Waals surface area contributed by atoms with Crippen LogP contribution in [0.5, 0.6) is 0 Å². The SMILES string of the molecule is Cc1cccc2c1c(=O)c(C(=O)O)nn2-c1ccc(Cl)cc1. The van der Waals surface area contributed by atoms with Crippen molar-refractivity contribution in [2.45, 2.75) is 6.92 Å². The molecular weight excluding hydrogens is 304 g/mol. The normalized spacial score (nSPS) is 10.8. The Labute approximate surface area is 130 Å². The maximum Gasteiger partial charge on any atom is 0.360 e. The van der Waals surface area contributed by atoms with E-state index in [-0.39, 0.29) is 0 Å². The number of nitrogens with zero attached hydrogens (tertiary/aromatic N) is 2. The van der Waals surface area contributed by atoms with Crippen LogP contribution >= 0.6 is 11.6 Å². The van der Waals surface area contributed by atoms with Crippen LogP contribution in [0, 0.1) is 6.92 Å². The number of hydrogen-bond acceptors (Lipinski definition) is 3. The van der Waals surface area contributed by atoms with Crippen molar-refractivity contribution < 1.29 is 9.90 Å². The number of halogens is 1. The summed E-state index contributed by atoms with van der Waals surface area (Å²) in [4.78, 5) is 23.7. The van der Waals surface area contributed by atoms with Gasteiger partial charge in [-0.05, 0) is 42.8 Å². The molecule has 0 saturated carbocycles. The van der Waals surface area contributed by atoms with Crippen LogP contribution in [0.25, 0.3) is 16.6 Å². The molecule has 0 aliphatic carbocycles. The summed E-state index contributed by atoms with van der Waals surface area (Å²) in [6.45, 7) is 1.77. The fraction of sp³-hybridized carbons (Fsp3) is 0.0625. The number of rotatable bonds is 2. The van der Waals surface area contributed by atoms with E-state index < -0.39 is 17.1 Å². The molecule has 1 heterocycles. The lowest BCUT2D eigenvalue weighted by atomic mass is 10.1. The van der Waals surface area contributed by atoms with E-state index in [2.05, 4.69) is 5.10 Å². The van der Waals surface area contributed by atoms with Crippen LogP contribution < -0.4 is 5.43 Å². The number of hydrogen-bond donors (Lipinski definition) is 1. The van der Waals surface area contributed by atoms with Gasteiger partial charge in [0, 0.05) is 5.02 Å². The minimum absolute atomic E-state index is 0.352. The third kappa shape index (κ3) is 2.25. The number of aromatic nitrogens is 2. The summed E-state index contributed by atoms with van der Waals surface area (Å²) in [5.41, 5.74) is 0.803. The second-order valence-electron chi connectivity index (χ2n) is 4.84. The molecule has 22 heavy (non-hydrogen) atoms. The van der Waals surface area contributed by atoms with E-state index in [1.54, 1.807) is 49.4 Å². The minimum Gasteiger partial charge on any atom is -0.476 e. The zero-order chi connectivity index (χ0) is 15.9. The summed E-state index contributed by atoms with van der Waals surface area (Å²) in [6, 6.07) is 12.1. The molecule has 0 aliphatic heterocycles. The lowest BCUT2D eigenvalue weighted by Crippen LogP contribution is -2.23. The fourth-order valence-corrected chi connectivity index (χ4v) is 2.49. The zero-order valence-electron chi connectivity index (χ0n) is 11.6. The van der Waals surface area contributed by atoms with Crippen LogP contribution in [-0.4, -0.2) is 20.9 Å². The third-order valence-corrected chi connectivity index (χ3v) is 3.65. The van der Waals surface area contributed by atoms with Crippen molar-refractivity contribution in [3.8, 4) is 5.69 Å². The largest absolute Gasteiger partial charge is 0.476 e. The van der Waals surface area contributed by atoms with E-state index in [4.69, 9.17) is 11.6 Å². The lowest BCUT2D eigenvalue weighted by Gasteiger charge is -2.12. The van der Waals surface area contributed by atoms with E-state index in [0.29, 0.717) is 27.2 Å². The molecule has 1 N–H and O–H groups in total. The molecule has 0 saturated heterocycles. The molecular formula is C16H11ClN2O3. The van der Waals surface area contributed by atoms with Gasteiger partial charge in [-0.1, -0.05) is 23.7 Å². The van der Waals surface area contributed by atoms with Crippen molar-refractivity contribution in [1.82, 2.24) is 9.78 Å². The van der Waals surface area contributed by atoms with Crippen LogP contribution in [0.1, 0.15) is 16.1 Å². The van der Waals surface area contributed by atoms with Crippen molar-refractivity contribution in [3.63, 3.8) is 0 Å². The average Bonchev–Trinajstić information content (AvgIpc) is 2.48. The first-order valence-electron chi connectivity index (χ1n) is 6.51. The van der Waals surface area contributed by atoms with Crippen molar-refractivity contribution in [2.24, 2.45) is 0 Å². The monoisotopic (exact) mass is 314 g/mol. The molecule has 2 aromatic carbocycles. The molecule has 3 rings (SSSR count). The van der Waals surface area contributed by atoms with E-state index in [1.165, 1.54) is 4.68 Å². The second kappa shape index (κ2) is 5.27. The Morgan fingerprint density at radius 3 is 2.50 bits per heavy atom. The van der Waals surface area contributed by atoms with Gasteiger partial charge in [-0.2, -0.15) is 5.10 Å². The van der Waals surface area contributed by atoms with Crippen molar-refractivity contribution in [2.75, 3.05) is 0 Å². The van der Waals surface area contributed by atoms with E-state index in [1.807, 2.05) is 0 Å². The van der Waals surface area contributed by atoms with E-state index in [0.717, 1.165) is 0 Å². The highest BCUT2D eigenvalue weighted by Gasteiger charge is 2.18. The van der Waals surface area contributed by atoms with Crippen LogP contribution in [0.15, 0.2) is 47.3 Å². The number of benzene rings is 2. The predicted molar refractivity (Wildman–Crippen MR) is 84.0 cm³/mol. The Morgan fingerprint density at radius 1 is 1.18 bits per heavy atom. The van der Waals surface area contributed by atoms with Crippen molar-refractivity contribution >= 4 is 28.5 Å². The number of aromatic carboxylic acids is 1. The summed E-state index contributed by atoms with van der Waals surface area (Å²) in [5.74, 6) is -1.35. The highest BCUT2D eigenvalue weighted by Crippen LogP contribution is 2.20. The van der Waals surface area contributed by atoms with Crippen LogP contribution in [0.4, 0.5) is 0 Å². The van der Waals surface area contributed by atoms with Crippen LogP contribution in [0.3, 0.4) is 0 Å². The quantitative estimate of drug-likeness (QED) is 0.789. The summed E-state index contributed by atoms with van der Waals surface area (Å²) in [6.07, 6.45) is 0. The van der Waals surface area contributed by atoms with Crippen LogP contribution in [0.2, 0.25) is 5.02 Å². The summed E-state index contributed by atoms with van der Waals surface area (Å²) in [5, 5.41) is 14.1. The molecule has 0 radical (unpaired) electrons. The Bertz CT molecular complexity index is 946. The number of carboxylic acid groups (broad SMARTS) is 1. The molecule has 6 heteroatoms. The van der Waals surface area contributed by atoms with Crippen LogP contribution in [-0.2, 0) is 0 Å². The second-order valence-corrected chi connectivity index (χ2v) is 5.28. The Kier molecular flexibility index (Phi) is 3.42. The Balaban J connectivity index is 2.46. The van der Waals surface area contributed by atoms with Gasteiger partial charge >= 0.3 is 5.97 Å². The lowest BCUT2D eigenvalue weighted by molar-refractivity contribution is 0.0687. The van der Waals surface area contributed by atoms with Crippen molar-refractivity contribution in [1.29, 1.82) is 0 Å². The molecule has 1 aromatic heterocycles. The highest BCUT2D eigenvalue weighted by molar-refractivity contribution is 6.30. The minimum atomic E-state index is -1.35. The van der Waals surface area contributed by atoms with Gasteiger partial charge in [-0.15, -0.1) is 0 Å². The average molecular weight is 315 g/mol. The number of aryl methyl sites for hydroxylation is 1. The highest BCUT2D eigenvalue weighted by atomic mass is 35.5. The summed E-state index contributed by atoms with van der Waals surface area (Å²) >= 11 is 5.88. The van der Waals surface area contributed by atoms with Gasteiger partial charge in [0.2, 0.25) is 11.1 Å². The van der Waals surface area contributed by atoms with Gasteiger partial charge in [0.25, 0.3) is 0 Å². The molecule has 110 valence electrons. The third-order valence-electron chi connectivity index (χ3n) is 3.39.